The highest BCUT2D eigenvalue weighted by Crippen LogP contribution is 1.89. The second-order valence-electron chi connectivity index (χ2n) is 2.19. The number of rotatable bonds is 4. The number of aliphatic imine (C=N–C) groups is 1. The Hall–Kier alpha value is -1.43. The zero-order valence-corrected chi connectivity index (χ0v) is 6.67. The normalized spacial score (nSPS) is 15.0. The van der Waals surface area contributed by atoms with E-state index in [0.717, 1.165) is 12.4 Å². The predicted octanol–water partition coefficient (Wildman–Crippen LogP) is -0.485. The van der Waals surface area contributed by atoms with Crippen LogP contribution in [0.2, 0.25) is 0 Å². The molecule has 12 heavy (non-hydrogen) atoms. The van der Waals surface area contributed by atoms with E-state index in [0.29, 0.717) is 0 Å². The molecule has 0 aromatic rings. The van der Waals surface area contributed by atoms with Crippen molar-refractivity contribution in [1.29, 1.82) is 0 Å². The molecule has 1 unspecified atom stereocenters. The summed E-state index contributed by atoms with van der Waals surface area (Å²) in [4.78, 5) is 13.1. The Morgan fingerprint density at radius 3 is 2.83 bits per heavy atom. The van der Waals surface area contributed by atoms with E-state index in [4.69, 9.17) is 10.8 Å². The van der Waals surface area contributed by atoms with Gasteiger partial charge >= 0.3 is 5.70 Å². The van der Waals surface area contributed by atoms with Crippen LogP contribution in [0.3, 0.4) is 0 Å². The average Bonchev–Trinajstić information content (AvgIpc) is 1.96. The van der Waals surface area contributed by atoms with Crippen LogP contribution < -0.4 is 5.73 Å². The van der Waals surface area contributed by atoms with Crippen LogP contribution in [-0.4, -0.2) is 28.9 Å². The third-order valence-corrected chi connectivity index (χ3v) is 0.975. The highest BCUT2D eigenvalue weighted by molar-refractivity contribution is 5.75. The Morgan fingerprint density at radius 1 is 1.92 bits per heavy atom. The van der Waals surface area contributed by atoms with Crippen LogP contribution in [0.1, 0.15) is 6.92 Å². The minimum atomic E-state index is -0.647. The molecule has 0 radical (unpaired) electrons. The summed E-state index contributed by atoms with van der Waals surface area (Å²) in [5.41, 5.74) is 4.65. The second-order valence-corrected chi connectivity index (χ2v) is 2.19. The van der Waals surface area contributed by atoms with Crippen molar-refractivity contribution in [2.24, 2.45) is 10.7 Å². The summed E-state index contributed by atoms with van der Waals surface area (Å²) in [5, 5.41) is 18.9. The van der Waals surface area contributed by atoms with E-state index in [1.807, 2.05) is 0 Å². The van der Waals surface area contributed by atoms with Gasteiger partial charge < -0.3 is 10.8 Å². The van der Waals surface area contributed by atoms with Gasteiger partial charge in [-0.2, -0.15) is 0 Å². The summed E-state index contributed by atoms with van der Waals surface area (Å²) in [6.45, 7) is 1.67. The molecule has 0 fully saturated rings. The van der Waals surface area contributed by atoms with Crippen molar-refractivity contribution in [1.82, 2.24) is 0 Å². The van der Waals surface area contributed by atoms with Gasteiger partial charge in [0.25, 0.3) is 0 Å². The summed E-state index contributed by atoms with van der Waals surface area (Å²) in [6.07, 6.45) is 1.27. The van der Waals surface area contributed by atoms with Crippen LogP contribution in [-0.2, 0) is 0 Å². The molecular weight excluding hydrogens is 162 g/mol. The Balaban J connectivity index is 4.04. The predicted molar refractivity (Wildman–Crippen MR) is 44.3 cm³/mol. The van der Waals surface area contributed by atoms with Gasteiger partial charge in [-0.05, 0) is 6.92 Å². The van der Waals surface area contributed by atoms with Gasteiger partial charge in [0.2, 0.25) is 0 Å². The van der Waals surface area contributed by atoms with Gasteiger partial charge in [0.1, 0.15) is 6.21 Å². The first-order valence-electron chi connectivity index (χ1n) is 3.32. The lowest BCUT2D eigenvalue weighted by Gasteiger charge is -1.95. The Labute approximate surface area is 69.6 Å². The summed E-state index contributed by atoms with van der Waals surface area (Å²) < 4.78 is 0. The van der Waals surface area contributed by atoms with Crippen molar-refractivity contribution in [3.05, 3.63) is 22.0 Å². The highest BCUT2D eigenvalue weighted by Gasteiger charge is 2.04. The summed E-state index contributed by atoms with van der Waals surface area (Å²) in [5.74, 6) is 0. The van der Waals surface area contributed by atoms with E-state index in [-0.39, 0.29) is 12.2 Å². The van der Waals surface area contributed by atoms with Gasteiger partial charge in [-0.25, -0.2) is 0 Å². The largest absolute Gasteiger partial charge is 0.399 e. The van der Waals surface area contributed by atoms with E-state index in [2.05, 4.69) is 4.99 Å². The maximum Gasteiger partial charge on any atom is 0.302 e. The monoisotopic (exact) mass is 173 g/mol. The van der Waals surface area contributed by atoms with E-state index < -0.39 is 11.0 Å². The lowest BCUT2D eigenvalue weighted by atomic mass is 10.4. The molecule has 0 spiro atoms. The standard InChI is InChI=1S/C6H11N3O3/c1-5(10)3-8-4-6(2-7)9(11)12/h2,4-5,10H,3,7H2,1H3. The SMILES string of the molecule is CC(O)CN=CC(=CN)[N+](=O)[O-]. The molecule has 0 aromatic heterocycles. The van der Waals surface area contributed by atoms with Crippen molar-refractivity contribution >= 4 is 6.21 Å². The molecule has 0 aliphatic heterocycles. The van der Waals surface area contributed by atoms with Crippen molar-refractivity contribution in [2.75, 3.05) is 6.54 Å². The number of hydrogen-bond donors (Lipinski definition) is 2. The van der Waals surface area contributed by atoms with Crippen molar-refractivity contribution in [2.45, 2.75) is 13.0 Å². The molecule has 0 aliphatic carbocycles. The molecule has 0 bridgehead atoms. The maximum absolute atomic E-state index is 10.1. The molecule has 0 heterocycles. The smallest absolute Gasteiger partial charge is 0.302 e. The topological polar surface area (TPSA) is 102 Å². The minimum Gasteiger partial charge on any atom is -0.399 e. The third-order valence-electron chi connectivity index (χ3n) is 0.975. The van der Waals surface area contributed by atoms with Crippen molar-refractivity contribution in [3.8, 4) is 0 Å². The summed E-state index contributed by atoms with van der Waals surface area (Å²) >= 11 is 0. The Bertz CT molecular complexity index is 210. The van der Waals surface area contributed by atoms with Gasteiger partial charge in [0, 0.05) is 0 Å². The Morgan fingerprint density at radius 2 is 2.50 bits per heavy atom. The molecule has 0 rings (SSSR count). The van der Waals surface area contributed by atoms with Crippen LogP contribution in [0.25, 0.3) is 0 Å². The Kier molecular flexibility index (Phi) is 4.62. The van der Waals surface area contributed by atoms with Crippen LogP contribution in [0.4, 0.5) is 0 Å². The average molecular weight is 173 g/mol. The van der Waals surface area contributed by atoms with E-state index in [9.17, 15) is 10.1 Å². The first kappa shape index (κ1) is 10.6. The molecular formula is C6H11N3O3. The molecule has 0 saturated carbocycles. The first-order valence-corrected chi connectivity index (χ1v) is 3.32. The molecule has 0 aromatic carbocycles. The number of allylic oxidation sites excluding steroid dienone is 1. The number of hydrogen-bond acceptors (Lipinski definition) is 5. The van der Waals surface area contributed by atoms with Gasteiger partial charge in [-0.1, -0.05) is 0 Å². The number of nitrogens with two attached hydrogens (primary N) is 1. The molecule has 0 saturated heterocycles. The molecule has 0 amide bonds. The quantitative estimate of drug-likeness (QED) is 0.340. The maximum atomic E-state index is 10.1. The van der Waals surface area contributed by atoms with Crippen LogP contribution in [0.5, 0.6) is 0 Å². The first-order chi connectivity index (χ1) is 5.57. The lowest BCUT2D eigenvalue weighted by molar-refractivity contribution is -0.414. The second kappa shape index (κ2) is 5.25. The van der Waals surface area contributed by atoms with Crippen LogP contribution in [0.15, 0.2) is 16.9 Å². The van der Waals surface area contributed by atoms with Gasteiger partial charge in [0.15, 0.2) is 0 Å². The van der Waals surface area contributed by atoms with Crippen LogP contribution in [0, 0.1) is 10.1 Å². The number of aliphatic hydroxyl groups is 1. The van der Waals surface area contributed by atoms with Gasteiger partial charge in [0.05, 0.1) is 23.8 Å². The van der Waals surface area contributed by atoms with Crippen molar-refractivity contribution in [3.63, 3.8) is 0 Å². The molecule has 6 nitrogen and oxygen atoms in total. The molecule has 0 aliphatic rings. The highest BCUT2D eigenvalue weighted by atomic mass is 16.6. The summed E-state index contributed by atoms with van der Waals surface area (Å²) in [6, 6.07) is 0. The number of aliphatic hydroxyl groups excluding tert-OH is 1. The molecule has 1 atom stereocenters. The number of nitro groups is 1. The van der Waals surface area contributed by atoms with Crippen molar-refractivity contribution < 1.29 is 10.0 Å². The van der Waals surface area contributed by atoms with Gasteiger partial charge in [-0.3, -0.25) is 15.1 Å². The zero-order valence-electron chi connectivity index (χ0n) is 6.67. The fourth-order valence-electron chi connectivity index (χ4n) is 0.450. The lowest BCUT2D eigenvalue weighted by Crippen LogP contribution is -2.07. The fraction of sp³-hybridized carbons (Fsp3) is 0.500. The molecule has 3 N–H and O–H groups in total. The van der Waals surface area contributed by atoms with E-state index in [1.54, 1.807) is 0 Å². The van der Waals surface area contributed by atoms with Gasteiger partial charge in [-0.15, -0.1) is 0 Å². The molecule has 68 valence electrons. The zero-order chi connectivity index (χ0) is 9.56. The summed E-state index contributed by atoms with van der Waals surface area (Å²) in [7, 11) is 0. The minimum absolute atomic E-state index is 0.130. The van der Waals surface area contributed by atoms with E-state index >= 15 is 0 Å². The fourth-order valence-corrected chi connectivity index (χ4v) is 0.450. The molecule has 6 heteroatoms. The third kappa shape index (κ3) is 4.40. The van der Waals surface area contributed by atoms with Crippen LogP contribution >= 0.6 is 0 Å². The number of nitrogens with zero attached hydrogens (tertiary/aromatic N) is 2. The van der Waals surface area contributed by atoms with E-state index in [1.165, 1.54) is 6.92 Å².